The van der Waals surface area contributed by atoms with Gasteiger partial charge in [0, 0.05) is 5.56 Å². The van der Waals surface area contributed by atoms with Gasteiger partial charge in [-0.1, -0.05) is 65.9 Å². The summed E-state index contributed by atoms with van der Waals surface area (Å²) in [5.74, 6) is -1.22. The molecule has 1 unspecified atom stereocenters. The normalized spacial score (nSPS) is 17.2. The highest BCUT2D eigenvalue weighted by Crippen LogP contribution is 2.29. The number of esters is 1. The number of carbonyl (C=O) groups is 3. The predicted molar refractivity (Wildman–Crippen MR) is 136 cm³/mol. The van der Waals surface area contributed by atoms with Crippen LogP contribution in [0.2, 0.25) is 0 Å². The van der Waals surface area contributed by atoms with E-state index < -0.39 is 30.1 Å². The van der Waals surface area contributed by atoms with Crippen LogP contribution in [0.4, 0.5) is 5.13 Å². The highest BCUT2D eigenvalue weighted by molar-refractivity contribution is 7.22. The lowest BCUT2D eigenvalue weighted by molar-refractivity contribution is -0.144. The molecule has 1 aromatic heterocycles. The van der Waals surface area contributed by atoms with Crippen LogP contribution in [0, 0.1) is 0 Å². The lowest BCUT2D eigenvalue weighted by atomic mass is 9.97. The first-order chi connectivity index (χ1) is 17.5. The van der Waals surface area contributed by atoms with Crippen molar-refractivity contribution in [2.75, 3.05) is 11.9 Å². The van der Waals surface area contributed by atoms with Gasteiger partial charge in [-0.25, -0.2) is 9.78 Å². The number of nitrogens with zero attached hydrogens (tertiary/aromatic N) is 1. The summed E-state index contributed by atoms with van der Waals surface area (Å²) in [6.45, 7) is 1.92. The molecule has 0 radical (unpaired) electrons. The second kappa shape index (κ2) is 10.3. The van der Waals surface area contributed by atoms with Crippen LogP contribution in [0.3, 0.4) is 0 Å². The van der Waals surface area contributed by atoms with Crippen molar-refractivity contribution in [3.8, 4) is 0 Å². The second-order valence-electron chi connectivity index (χ2n) is 8.14. The molecule has 4 aromatic rings. The Bertz CT molecular complexity index is 1370. The molecule has 8 nitrogen and oxygen atoms in total. The molecule has 2 heterocycles. The van der Waals surface area contributed by atoms with Crippen LogP contribution in [0.5, 0.6) is 0 Å². The predicted octanol–water partition coefficient (Wildman–Crippen LogP) is 4.08. The number of anilines is 1. The Kier molecular flexibility index (Phi) is 6.75. The smallest absolute Gasteiger partial charge is 0.338 e. The number of para-hydroxylation sites is 1. The van der Waals surface area contributed by atoms with Crippen molar-refractivity contribution < 1.29 is 23.9 Å². The minimum atomic E-state index is -0.880. The Morgan fingerprint density at radius 2 is 1.64 bits per heavy atom. The maximum atomic E-state index is 12.8. The maximum Gasteiger partial charge on any atom is 0.338 e. The Morgan fingerprint density at radius 3 is 2.36 bits per heavy atom. The molecule has 1 saturated heterocycles. The lowest BCUT2D eigenvalue weighted by Gasteiger charge is -2.20. The highest BCUT2D eigenvalue weighted by atomic mass is 32.1. The maximum absolute atomic E-state index is 12.8. The number of hydrogen-bond acceptors (Lipinski definition) is 7. The molecule has 0 spiro atoms. The van der Waals surface area contributed by atoms with Crippen molar-refractivity contribution in [2.24, 2.45) is 0 Å². The van der Waals surface area contributed by atoms with E-state index in [0.717, 1.165) is 21.3 Å². The molecule has 0 bridgehead atoms. The molecule has 1 fully saturated rings. The van der Waals surface area contributed by atoms with Gasteiger partial charge in [-0.05, 0) is 42.3 Å². The van der Waals surface area contributed by atoms with Gasteiger partial charge in [0.25, 0.3) is 11.8 Å². The molecule has 36 heavy (non-hydrogen) atoms. The summed E-state index contributed by atoms with van der Waals surface area (Å²) >= 11 is 1.41. The van der Waals surface area contributed by atoms with Crippen molar-refractivity contribution in [2.45, 2.75) is 25.2 Å². The fourth-order valence-electron chi connectivity index (χ4n) is 3.87. The van der Waals surface area contributed by atoms with E-state index in [1.54, 1.807) is 31.2 Å². The van der Waals surface area contributed by atoms with E-state index in [1.807, 2.05) is 54.6 Å². The Balaban J connectivity index is 1.31. The Morgan fingerprint density at radius 1 is 0.944 bits per heavy atom. The number of nitrogens with one attached hydrogen (secondary N) is 2. The SMILES string of the molecule is CCOC(=O)[C@H]1O[C@@H]1C(=O)NC(c1ccccc1)c1ccc(C(=O)Nc2nc3ccccc3s2)cc1. The van der Waals surface area contributed by atoms with E-state index in [-0.39, 0.29) is 12.5 Å². The number of thiazole rings is 1. The van der Waals surface area contributed by atoms with E-state index in [4.69, 9.17) is 9.47 Å². The Labute approximate surface area is 211 Å². The van der Waals surface area contributed by atoms with Crippen LogP contribution in [-0.2, 0) is 19.1 Å². The third kappa shape index (κ3) is 5.12. The second-order valence-corrected chi connectivity index (χ2v) is 9.18. The molecule has 2 N–H and O–H groups in total. The summed E-state index contributed by atoms with van der Waals surface area (Å²) in [5, 5.41) is 6.34. The molecule has 182 valence electrons. The average molecular weight is 502 g/mol. The summed E-state index contributed by atoms with van der Waals surface area (Å²) in [6.07, 6.45) is -1.76. The zero-order valence-corrected chi connectivity index (χ0v) is 20.2. The van der Waals surface area contributed by atoms with Crippen LogP contribution in [-0.4, -0.2) is 41.6 Å². The van der Waals surface area contributed by atoms with E-state index in [9.17, 15) is 14.4 Å². The van der Waals surface area contributed by atoms with Crippen molar-refractivity contribution in [3.05, 3.63) is 95.6 Å². The minimum Gasteiger partial charge on any atom is -0.464 e. The molecular formula is C27H23N3O5S. The topological polar surface area (TPSA) is 110 Å². The molecule has 9 heteroatoms. The number of ether oxygens (including phenoxy) is 2. The molecule has 2 amide bonds. The molecule has 1 aliphatic heterocycles. The van der Waals surface area contributed by atoms with Gasteiger partial charge in [-0.2, -0.15) is 0 Å². The summed E-state index contributed by atoms with van der Waals surface area (Å²) < 4.78 is 11.2. The average Bonchev–Trinajstić information content (AvgIpc) is 3.61. The number of hydrogen-bond donors (Lipinski definition) is 2. The van der Waals surface area contributed by atoms with E-state index >= 15 is 0 Å². The third-order valence-electron chi connectivity index (χ3n) is 5.71. The van der Waals surface area contributed by atoms with Crippen molar-refractivity contribution in [1.82, 2.24) is 10.3 Å². The summed E-state index contributed by atoms with van der Waals surface area (Å²) in [5.41, 5.74) is 2.92. The van der Waals surface area contributed by atoms with Crippen molar-refractivity contribution in [1.29, 1.82) is 0 Å². The van der Waals surface area contributed by atoms with Crippen LogP contribution < -0.4 is 10.6 Å². The molecule has 3 aromatic carbocycles. The quantitative estimate of drug-likeness (QED) is 0.278. The fraction of sp³-hybridized carbons (Fsp3) is 0.185. The van der Waals surface area contributed by atoms with Crippen LogP contribution in [0.15, 0.2) is 78.9 Å². The van der Waals surface area contributed by atoms with Gasteiger partial charge in [0.1, 0.15) is 0 Å². The molecule has 5 rings (SSSR count). The molecule has 0 saturated carbocycles. The largest absolute Gasteiger partial charge is 0.464 e. The highest BCUT2D eigenvalue weighted by Gasteiger charge is 2.52. The van der Waals surface area contributed by atoms with Crippen LogP contribution >= 0.6 is 11.3 Å². The van der Waals surface area contributed by atoms with Gasteiger partial charge in [-0.15, -0.1) is 0 Å². The number of aromatic nitrogens is 1. The third-order valence-corrected chi connectivity index (χ3v) is 6.66. The summed E-state index contributed by atoms with van der Waals surface area (Å²) in [4.78, 5) is 41.9. The van der Waals surface area contributed by atoms with E-state index in [1.165, 1.54) is 11.3 Å². The Hall–Kier alpha value is -4.08. The number of benzene rings is 3. The molecule has 0 aliphatic carbocycles. The fourth-order valence-corrected chi connectivity index (χ4v) is 4.73. The summed E-state index contributed by atoms with van der Waals surface area (Å²) in [7, 11) is 0. The van der Waals surface area contributed by atoms with Crippen molar-refractivity contribution in [3.63, 3.8) is 0 Å². The van der Waals surface area contributed by atoms with E-state index in [2.05, 4.69) is 15.6 Å². The van der Waals surface area contributed by atoms with Gasteiger partial charge >= 0.3 is 5.97 Å². The van der Waals surface area contributed by atoms with Crippen molar-refractivity contribution >= 4 is 44.5 Å². The van der Waals surface area contributed by atoms with Gasteiger partial charge in [0.05, 0.1) is 22.9 Å². The van der Waals surface area contributed by atoms with Crippen LogP contribution in [0.1, 0.15) is 34.5 Å². The summed E-state index contributed by atoms with van der Waals surface area (Å²) in [6, 6.07) is 23.6. The van der Waals surface area contributed by atoms with Gasteiger partial charge in [0.2, 0.25) is 0 Å². The van der Waals surface area contributed by atoms with Gasteiger partial charge < -0.3 is 14.8 Å². The number of epoxide rings is 1. The van der Waals surface area contributed by atoms with Gasteiger partial charge in [0.15, 0.2) is 17.3 Å². The first-order valence-corrected chi connectivity index (χ1v) is 12.3. The molecule has 3 atom stereocenters. The minimum absolute atomic E-state index is 0.221. The molecule has 1 aliphatic rings. The van der Waals surface area contributed by atoms with Gasteiger partial charge in [-0.3, -0.25) is 14.9 Å². The first kappa shape index (κ1) is 23.7. The lowest BCUT2D eigenvalue weighted by Crippen LogP contribution is -2.34. The number of fused-ring (bicyclic) bond motifs is 1. The van der Waals surface area contributed by atoms with E-state index in [0.29, 0.717) is 10.7 Å². The van der Waals surface area contributed by atoms with Crippen LogP contribution in [0.25, 0.3) is 10.2 Å². The standard InChI is InChI=1S/C27H23N3O5S/c1-2-34-26(33)23-22(35-23)25(32)29-21(16-8-4-3-5-9-16)17-12-14-18(15-13-17)24(31)30-27-28-19-10-6-7-11-20(19)36-27/h3-15,21-23H,2H2,1H3,(H,29,32)(H,28,30,31)/t21?,22-,23-/m0/s1. The number of amides is 2. The number of rotatable bonds is 8. The monoisotopic (exact) mass is 501 g/mol. The zero-order chi connectivity index (χ0) is 25.1. The molecular weight excluding hydrogens is 478 g/mol. The zero-order valence-electron chi connectivity index (χ0n) is 19.3. The first-order valence-electron chi connectivity index (χ1n) is 11.5. The number of carbonyl (C=O) groups excluding carboxylic acids is 3.